The monoisotopic (exact) mass is 227 g/mol. The van der Waals surface area contributed by atoms with Gasteiger partial charge in [-0.1, -0.05) is 11.4 Å². The van der Waals surface area contributed by atoms with E-state index in [2.05, 4.69) is 14.5 Å². The van der Waals surface area contributed by atoms with E-state index < -0.39 is 5.97 Å². The van der Waals surface area contributed by atoms with Gasteiger partial charge in [0.25, 0.3) is 0 Å². The number of rotatable bonds is 3. The molecule has 15 heavy (non-hydrogen) atoms. The Hall–Kier alpha value is -1.01. The van der Waals surface area contributed by atoms with Gasteiger partial charge in [0.15, 0.2) is 0 Å². The van der Waals surface area contributed by atoms with Crippen LogP contribution in [0.15, 0.2) is 5.38 Å². The fraction of sp³-hybridized carbons (Fsp3) is 0.667. The molecule has 5 nitrogen and oxygen atoms in total. The summed E-state index contributed by atoms with van der Waals surface area (Å²) in [4.78, 5) is 13.0. The van der Waals surface area contributed by atoms with E-state index in [-0.39, 0.29) is 11.8 Å². The molecule has 6 heteroatoms. The van der Waals surface area contributed by atoms with Crippen LogP contribution >= 0.6 is 11.5 Å². The summed E-state index contributed by atoms with van der Waals surface area (Å²) in [6.45, 7) is 4.14. The van der Waals surface area contributed by atoms with Crippen molar-refractivity contribution in [1.29, 1.82) is 0 Å². The van der Waals surface area contributed by atoms with Crippen LogP contribution in [0.3, 0.4) is 0 Å². The number of hydrogen-bond acceptors (Lipinski definition) is 5. The molecule has 1 saturated heterocycles. The van der Waals surface area contributed by atoms with Crippen LogP contribution in [0.2, 0.25) is 0 Å². The molecule has 1 aliphatic rings. The van der Waals surface area contributed by atoms with Crippen molar-refractivity contribution < 1.29 is 9.90 Å². The molecule has 2 heterocycles. The van der Waals surface area contributed by atoms with E-state index in [1.807, 2.05) is 12.3 Å². The van der Waals surface area contributed by atoms with E-state index in [0.717, 1.165) is 12.2 Å². The van der Waals surface area contributed by atoms with Crippen LogP contribution in [0, 0.1) is 11.8 Å². The van der Waals surface area contributed by atoms with Crippen molar-refractivity contribution in [2.75, 3.05) is 13.1 Å². The number of carboxylic acid groups (broad SMARTS) is 1. The molecule has 1 aromatic rings. The van der Waals surface area contributed by atoms with Crippen molar-refractivity contribution in [3.8, 4) is 0 Å². The van der Waals surface area contributed by atoms with Gasteiger partial charge in [-0.05, 0) is 17.5 Å². The Balaban J connectivity index is 1.94. The third-order valence-electron chi connectivity index (χ3n) is 2.80. The van der Waals surface area contributed by atoms with Crippen molar-refractivity contribution in [3.63, 3.8) is 0 Å². The van der Waals surface area contributed by atoms with Crippen molar-refractivity contribution in [2.45, 2.75) is 13.5 Å². The summed E-state index contributed by atoms with van der Waals surface area (Å²) in [6.07, 6.45) is 0. The fourth-order valence-electron chi connectivity index (χ4n) is 2.00. The highest BCUT2D eigenvalue weighted by Crippen LogP contribution is 2.24. The second-order valence-corrected chi connectivity index (χ2v) is 4.62. The molecule has 0 unspecified atom stereocenters. The minimum Gasteiger partial charge on any atom is -0.481 e. The summed E-state index contributed by atoms with van der Waals surface area (Å²) in [5.74, 6) is -0.716. The SMILES string of the molecule is C[C@@H]1CN(Cc2csnn2)C[C@H]1C(=O)O. The molecule has 82 valence electrons. The first-order chi connectivity index (χ1) is 7.16. The van der Waals surface area contributed by atoms with Gasteiger partial charge in [0, 0.05) is 25.0 Å². The van der Waals surface area contributed by atoms with Crippen LogP contribution in [-0.2, 0) is 11.3 Å². The van der Waals surface area contributed by atoms with Crippen molar-refractivity contribution >= 4 is 17.5 Å². The summed E-state index contributed by atoms with van der Waals surface area (Å²) >= 11 is 1.33. The maximum atomic E-state index is 10.9. The lowest BCUT2D eigenvalue weighted by atomic mass is 9.99. The van der Waals surface area contributed by atoms with Crippen LogP contribution < -0.4 is 0 Å². The highest BCUT2D eigenvalue weighted by atomic mass is 32.1. The molecule has 1 N–H and O–H groups in total. The Morgan fingerprint density at radius 2 is 2.53 bits per heavy atom. The van der Waals surface area contributed by atoms with E-state index in [4.69, 9.17) is 5.11 Å². The van der Waals surface area contributed by atoms with Gasteiger partial charge in [-0.3, -0.25) is 9.69 Å². The fourth-order valence-corrected chi connectivity index (χ4v) is 2.44. The molecular weight excluding hydrogens is 214 g/mol. The minimum atomic E-state index is -0.693. The highest BCUT2D eigenvalue weighted by molar-refractivity contribution is 7.03. The van der Waals surface area contributed by atoms with E-state index >= 15 is 0 Å². The van der Waals surface area contributed by atoms with Gasteiger partial charge in [0.1, 0.15) is 0 Å². The number of carbonyl (C=O) groups is 1. The maximum Gasteiger partial charge on any atom is 0.308 e. The molecule has 1 aliphatic heterocycles. The van der Waals surface area contributed by atoms with Gasteiger partial charge in [-0.2, -0.15) is 0 Å². The topological polar surface area (TPSA) is 66.3 Å². The second-order valence-electron chi connectivity index (χ2n) is 4.01. The number of aromatic nitrogens is 2. The average molecular weight is 227 g/mol. The first-order valence-corrected chi connectivity index (χ1v) is 5.71. The average Bonchev–Trinajstić information content (AvgIpc) is 2.75. The van der Waals surface area contributed by atoms with Crippen molar-refractivity contribution in [3.05, 3.63) is 11.1 Å². The van der Waals surface area contributed by atoms with Crippen molar-refractivity contribution in [2.24, 2.45) is 11.8 Å². The lowest BCUT2D eigenvalue weighted by molar-refractivity contribution is -0.142. The molecule has 0 aromatic carbocycles. The number of hydrogen-bond donors (Lipinski definition) is 1. The van der Waals surface area contributed by atoms with Gasteiger partial charge >= 0.3 is 5.97 Å². The lowest BCUT2D eigenvalue weighted by Gasteiger charge is -2.12. The molecular formula is C9H13N3O2S. The molecule has 1 aromatic heterocycles. The zero-order valence-corrected chi connectivity index (χ0v) is 9.28. The minimum absolute atomic E-state index is 0.217. The first-order valence-electron chi connectivity index (χ1n) is 4.88. The Morgan fingerprint density at radius 3 is 3.07 bits per heavy atom. The van der Waals surface area contributed by atoms with E-state index in [9.17, 15) is 4.79 Å². The zero-order chi connectivity index (χ0) is 10.8. The molecule has 0 spiro atoms. The number of carboxylic acids is 1. The van der Waals surface area contributed by atoms with Crippen LogP contribution in [0.4, 0.5) is 0 Å². The Morgan fingerprint density at radius 1 is 1.73 bits per heavy atom. The Kier molecular flexibility index (Phi) is 2.97. The highest BCUT2D eigenvalue weighted by Gasteiger charge is 2.34. The summed E-state index contributed by atoms with van der Waals surface area (Å²) in [5.41, 5.74) is 0.929. The normalized spacial score (nSPS) is 27.0. The smallest absolute Gasteiger partial charge is 0.308 e. The predicted octanol–water partition coefficient (Wildman–Crippen LogP) is 0.691. The van der Waals surface area contributed by atoms with Crippen LogP contribution in [0.1, 0.15) is 12.6 Å². The molecule has 2 rings (SSSR count). The van der Waals surface area contributed by atoms with Gasteiger partial charge < -0.3 is 5.11 Å². The number of likely N-dealkylation sites (tertiary alicyclic amines) is 1. The van der Waals surface area contributed by atoms with E-state index in [1.54, 1.807) is 0 Å². The van der Waals surface area contributed by atoms with Crippen molar-refractivity contribution in [1.82, 2.24) is 14.5 Å². The van der Waals surface area contributed by atoms with Crippen LogP contribution in [0.5, 0.6) is 0 Å². The third-order valence-corrected chi connectivity index (χ3v) is 3.35. The van der Waals surface area contributed by atoms with E-state index in [0.29, 0.717) is 13.1 Å². The summed E-state index contributed by atoms with van der Waals surface area (Å²) in [5, 5.41) is 14.8. The van der Waals surface area contributed by atoms with Gasteiger partial charge in [0.05, 0.1) is 11.6 Å². The zero-order valence-electron chi connectivity index (χ0n) is 8.46. The molecule has 0 bridgehead atoms. The largest absolute Gasteiger partial charge is 0.481 e. The van der Waals surface area contributed by atoms with E-state index in [1.165, 1.54) is 11.5 Å². The molecule has 2 atom stereocenters. The summed E-state index contributed by atoms with van der Waals surface area (Å²) < 4.78 is 3.79. The quantitative estimate of drug-likeness (QED) is 0.823. The number of aliphatic carboxylic acids is 1. The maximum absolute atomic E-state index is 10.9. The van der Waals surface area contributed by atoms with Crippen LogP contribution in [-0.4, -0.2) is 38.7 Å². The summed E-state index contributed by atoms with van der Waals surface area (Å²) in [6, 6.07) is 0. The molecule has 0 aliphatic carbocycles. The lowest BCUT2D eigenvalue weighted by Crippen LogP contribution is -2.23. The van der Waals surface area contributed by atoms with Gasteiger partial charge in [-0.25, -0.2) is 0 Å². The van der Waals surface area contributed by atoms with Gasteiger partial charge in [-0.15, -0.1) is 5.10 Å². The predicted molar refractivity (Wildman–Crippen MR) is 55.5 cm³/mol. The second kappa shape index (κ2) is 4.24. The third kappa shape index (κ3) is 2.32. The first kappa shape index (κ1) is 10.5. The molecule has 0 radical (unpaired) electrons. The Bertz CT molecular complexity index is 341. The van der Waals surface area contributed by atoms with Gasteiger partial charge in [0.2, 0.25) is 0 Å². The van der Waals surface area contributed by atoms with Crippen LogP contribution in [0.25, 0.3) is 0 Å². The Labute approximate surface area is 91.9 Å². The summed E-state index contributed by atoms with van der Waals surface area (Å²) in [7, 11) is 0. The number of nitrogens with zero attached hydrogens (tertiary/aromatic N) is 3. The standard InChI is InChI=1S/C9H13N3O2S/c1-6-2-12(4-8(6)9(13)14)3-7-5-15-11-10-7/h5-6,8H,2-4H2,1H3,(H,13,14)/t6-,8-/m1/s1. The molecule has 0 saturated carbocycles. The molecule has 1 fully saturated rings. The molecule has 0 amide bonds.